The summed E-state index contributed by atoms with van der Waals surface area (Å²) >= 11 is 0. The molecule has 39 heavy (non-hydrogen) atoms. The lowest BCUT2D eigenvalue weighted by Gasteiger charge is -2.32. The number of fused-ring (bicyclic) bond motifs is 2. The summed E-state index contributed by atoms with van der Waals surface area (Å²) in [5.41, 5.74) is 1.23. The largest absolute Gasteiger partial charge is 0.486 e. The Kier molecular flexibility index (Phi) is 8.48. The first-order valence-corrected chi connectivity index (χ1v) is 13.7. The van der Waals surface area contributed by atoms with Gasteiger partial charge in [0.1, 0.15) is 19.0 Å². The molecule has 2 aromatic rings. The second-order valence-electron chi connectivity index (χ2n) is 10.4. The van der Waals surface area contributed by atoms with Gasteiger partial charge in [0, 0.05) is 43.3 Å². The lowest BCUT2D eigenvalue weighted by atomic mass is 10.0. The van der Waals surface area contributed by atoms with E-state index in [0.29, 0.717) is 61.9 Å². The predicted octanol–water partition coefficient (Wildman–Crippen LogP) is 3.83. The maximum Gasteiger partial charge on any atom is 0.322 e. The van der Waals surface area contributed by atoms with Crippen molar-refractivity contribution in [3.05, 3.63) is 53.8 Å². The van der Waals surface area contributed by atoms with Crippen LogP contribution in [0, 0.1) is 17.7 Å². The van der Waals surface area contributed by atoms with Crippen molar-refractivity contribution >= 4 is 23.5 Å². The van der Waals surface area contributed by atoms with Crippen molar-refractivity contribution in [3.8, 4) is 11.5 Å². The molecule has 10 heteroatoms. The summed E-state index contributed by atoms with van der Waals surface area (Å²) in [6, 6.07) is 10.6. The number of carbonyl (C=O) groups excluding carboxylic acids is 3. The van der Waals surface area contributed by atoms with E-state index in [1.807, 2.05) is 0 Å². The van der Waals surface area contributed by atoms with Crippen LogP contribution < -0.4 is 25.4 Å². The maximum absolute atomic E-state index is 13.6. The van der Waals surface area contributed by atoms with Gasteiger partial charge in [-0.1, -0.05) is 25.0 Å². The van der Waals surface area contributed by atoms with E-state index in [9.17, 15) is 18.8 Å². The smallest absolute Gasteiger partial charge is 0.322 e. The van der Waals surface area contributed by atoms with Crippen LogP contribution in [-0.4, -0.2) is 55.1 Å². The lowest BCUT2D eigenvalue weighted by molar-refractivity contribution is -0.126. The van der Waals surface area contributed by atoms with Crippen LogP contribution in [0.4, 0.5) is 14.9 Å². The van der Waals surface area contributed by atoms with Gasteiger partial charge < -0.3 is 30.3 Å². The Bertz CT molecular complexity index is 1210. The topological polar surface area (TPSA) is 109 Å². The molecule has 0 radical (unpaired) electrons. The summed E-state index contributed by atoms with van der Waals surface area (Å²) in [6.45, 7) is 2.19. The van der Waals surface area contributed by atoms with E-state index in [0.717, 1.165) is 25.7 Å². The van der Waals surface area contributed by atoms with Gasteiger partial charge in [0.25, 0.3) is 0 Å². The van der Waals surface area contributed by atoms with E-state index in [-0.39, 0.29) is 30.2 Å². The molecule has 1 aliphatic carbocycles. The highest BCUT2D eigenvalue weighted by Crippen LogP contribution is 2.37. The predicted molar refractivity (Wildman–Crippen MR) is 143 cm³/mol. The first-order chi connectivity index (χ1) is 19.0. The zero-order valence-corrected chi connectivity index (χ0v) is 21.9. The third-order valence-corrected chi connectivity index (χ3v) is 7.67. The molecule has 9 nitrogen and oxygen atoms in total. The van der Waals surface area contributed by atoms with E-state index in [2.05, 4.69) is 16.0 Å². The molecule has 2 fully saturated rings. The summed E-state index contributed by atoms with van der Waals surface area (Å²) in [6.07, 6.45) is 4.32. The third-order valence-electron chi connectivity index (χ3n) is 7.67. The number of rotatable bonds is 4. The van der Waals surface area contributed by atoms with Gasteiger partial charge >= 0.3 is 6.03 Å². The second kappa shape index (κ2) is 12.4. The molecule has 0 aromatic heterocycles. The van der Waals surface area contributed by atoms with Gasteiger partial charge in [0.05, 0.1) is 5.92 Å². The van der Waals surface area contributed by atoms with Crippen LogP contribution in [0.1, 0.15) is 44.1 Å². The van der Waals surface area contributed by atoms with Gasteiger partial charge in [0.15, 0.2) is 11.5 Å². The van der Waals surface area contributed by atoms with E-state index in [1.165, 1.54) is 12.1 Å². The Balaban J connectivity index is 1.32. The molecule has 3 aliphatic rings. The van der Waals surface area contributed by atoms with E-state index >= 15 is 0 Å². The number of urea groups is 1. The molecule has 0 spiro atoms. The summed E-state index contributed by atoms with van der Waals surface area (Å²) in [7, 11) is 0. The summed E-state index contributed by atoms with van der Waals surface area (Å²) in [5, 5.41) is 8.88. The summed E-state index contributed by atoms with van der Waals surface area (Å²) in [4.78, 5) is 41.7. The van der Waals surface area contributed by atoms with Crippen molar-refractivity contribution in [3.63, 3.8) is 0 Å². The van der Waals surface area contributed by atoms with Crippen molar-refractivity contribution in [2.75, 3.05) is 31.6 Å². The highest BCUT2D eigenvalue weighted by atomic mass is 19.1. The fourth-order valence-corrected chi connectivity index (χ4v) is 5.67. The molecule has 4 amide bonds. The number of hydrogen-bond acceptors (Lipinski definition) is 5. The van der Waals surface area contributed by atoms with Crippen LogP contribution in [-0.2, 0) is 16.1 Å². The standard InChI is InChI=1S/C29H35FN4O5/c30-21-7-5-6-19(14-21)18-32-27(35)20-15-23-24(16-20)34(11-4-2-1-3-10-31-28(23)36)29(37)33-22-8-9-25-26(17-22)39-13-12-38-25/h5-9,14,17,20,23-24H,1-4,10-13,15-16,18H2,(H,31,36)(H,32,35)(H,33,37). The summed E-state index contributed by atoms with van der Waals surface area (Å²) in [5.74, 6) is -0.413. The molecule has 3 atom stereocenters. The summed E-state index contributed by atoms with van der Waals surface area (Å²) < 4.78 is 24.8. The zero-order valence-electron chi connectivity index (χ0n) is 21.9. The molecule has 208 valence electrons. The van der Waals surface area contributed by atoms with Crippen molar-refractivity contribution in [2.45, 2.75) is 51.1 Å². The number of ether oxygens (including phenoxy) is 2. The highest BCUT2D eigenvalue weighted by molar-refractivity contribution is 5.91. The Morgan fingerprint density at radius 2 is 1.82 bits per heavy atom. The van der Waals surface area contributed by atoms with Crippen LogP contribution in [0.15, 0.2) is 42.5 Å². The molecule has 1 saturated carbocycles. The second-order valence-corrected chi connectivity index (χ2v) is 10.4. The first-order valence-electron chi connectivity index (χ1n) is 13.7. The average molecular weight is 539 g/mol. The molecule has 3 N–H and O–H groups in total. The zero-order chi connectivity index (χ0) is 27.2. The average Bonchev–Trinajstić information content (AvgIpc) is 3.37. The number of amides is 4. The molecule has 0 bridgehead atoms. The van der Waals surface area contributed by atoms with Crippen molar-refractivity contribution in [1.29, 1.82) is 0 Å². The molecule has 3 unspecified atom stereocenters. The van der Waals surface area contributed by atoms with Crippen LogP contribution in [0.25, 0.3) is 0 Å². The first kappa shape index (κ1) is 26.8. The number of nitrogens with zero attached hydrogens (tertiary/aromatic N) is 1. The Morgan fingerprint density at radius 3 is 2.67 bits per heavy atom. The number of halogens is 1. The normalized spacial score (nSPS) is 23.2. The molecule has 1 saturated heterocycles. The van der Waals surface area contributed by atoms with Gasteiger partial charge in [-0.3, -0.25) is 9.59 Å². The SMILES string of the molecule is O=C(NCc1cccc(F)c1)C1CC2C(=O)NCCCCCCN(C(=O)Nc3ccc4c(c3)OCCO4)C2C1. The Morgan fingerprint density at radius 1 is 1.00 bits per heavy atom. The minimum Gasteiger partial charge on any atom is -0.486 e. The fraction of sp³-hybridized carbons (Fsp3) is 0.483. The van der Waals surface area contributed by atoms with Crippen LogP contribution in [0.5, 0.6) is 11.5 Å². The number of carbonyl (C=O) groups is 3. The van der Waals surface area contributed by atoms with Crippen molar-refractivity contribution in [1.82, 2.24) is 15.5 Å². The molecule has 2 heterocycles. The number of anilines is 1. The van der Waals surface area contributed by atoms with E-state index in [1.54, 1.807) is 35.2 Å². The maximum atomic E-state index is 13.6. The number of hydrogen-bond donors (Lipinski definition) is 3. The molecule has 2 aromatic carbocycles. The minimum absolute atomic E-state index is 0.126. The fourth-order valence-electron chi connectivity index (χ4n) is 5.67. The third kappa shape index (κ3) is 6.61. The van der Waals surface area contributed by atoms with Crippen molar-refractivity contribution < 1.29 is 28.2 Å². The van der Waals surface area contributed by atoms with Gasteiger partial charge in [-0.2, -0.15) is 0 Å². The monoisotopic (exact) mass is 538 g/mol. The Hall–Kier alpha value is -3.82. The number of benzene rings is 2. The van der Waals surface area contributed by atoms with Crippen LogP contribution >= 0.6 is 0 Å². The number of nitrogens with one attached hydrogen (secondary N) is 3. The van der Waals surface area contributed by atoms with Gasteiger partial charge in [0.2, 0.25) is 11.8 Å². The van der Waals surface area contributed by atoms with Gasteiger partial charge in [-0.15, -0.1) is 0 Å². The Labute approximate surface area is 227 Å². The lowest BCUT2D eigenvalue weighted by Crippen LogP contribution is -2.48. The van der Waals surface area contributed by atoms with Gasteiger partial charge in [-0.25, -0.2) is 9.18 Å². The van der Waals surface area contributed by atoms with E-state index < -0.39 is 17.9 Å². The molecular weight excluding hydrogens is 503 g/mol. The minimum atomic E-state index is -0.501. The molecule has 5 rings (SSSR count). The van der Waals surface area contributed by atoms with E-state index in [4.69, 9.17) is 9.47 Å². The highest BCUT2D eigenvalue weighted by Gasteiger charge is 2.45. The quantitative estimate of drug-likeness (QED) is 0.548. The molecule has 2 aliphatic heterocycles. The van der Waals surface area contributed by atoms with Crippen LogP contribution in [0.2, 0.25) is 0 Å². The van der Waals surface area contributed by atoms with Crippen molar-refractivity contribution in [2.24, 2.45) is 11.8 Å². The van der Waals surface area contributed by atoms with Crippen LogP contribution in [0.3, 0.4) is 0 Å². The van der Waals surface area contributed by atoms with Gasteiger partial charge in [-0.05, 0) is 55.5 Å². The molecular formula is C29H35FN4O5.